The molecule has 170 valence electrons. The van der Waals surface area contributed by atoms with E-state index in [4.69, 9.17) is 9.47 Å². The van der Waals surface area contributed by atoms with Gasteiger partial charge < -0.3 is 24.6 Å². The van der Waals surface area contributed by atoms with Gasteiger partial charge in [0.05, 0.1) is 20.1 Å². The first-order valence-electron chi connectivity index (χ1n) is 11.2. The molecule has 0 bridgehead atoms. The van der Waals surface area contributed by atoms with Crippen molar-refractivity contribution in [2.24, 2.45) is 5.92 Å². The largest absolute Gasteiger partial charge is 0.493 e. The van der Waals surface area contributed by atoms with E-state index in [2.05, 4.69) is 22.3 Å². The summed E-state index contributed by atoms with van der Waals surface area (Å²) in [4.78, 5) is 29.3. The van der Waals surface area contributed by atoms with Crippen LogP contribution >= 0.6 is 0 Å². The molecule has 2 aliphatic rings. The first-order chi connectivity index (χ1) is 15.6. The maximum absolute atomic E-state index is 12.7. The Morgan fingerprint density at radius 1 is 1.00 bits per heavy atom. The van der Waals surface area contributed by atoms with Crippen molar-refractivity contribution in [3.8, 4) is 11.5 Å². The molecule has 1 atom stereocenters. The molecule has 7 nitrogen and oxygen atoms in total. The summed E-state index contributed by atoms with van der Waals surface area (Å²) in [5.74, 6) is 0.947. The molecule has 1 unspecified atom stereocenters. The smallest absolute Gasteiger partial charge is 0.227 e. The number of carbonyl (C=O) groups excluding carboxylic acids is 2. The van der Waals surface area contributed by atoms with Crippen molar-refractivity contribution in [1.29, 1.82) is 0 Å². The third-order valence-corrected chi connectivity index (χ3v) is 6.29. The monoisotopic (exact) mass is 437 g/mol. The maximum atomic E-state index is 12.7. The van der Waals surface area contributed by atoms with Gasteiger partial charge in [-0.1, -0.05) is 6.07 Å². The van der Waals surface area contributed by atoms with Gasteiger partial charge in [-0.15, -0.1) is 0 Å². The van der Waals surface area contributed by atoms with Gasteiger partial charge >= 0.3 is 0 Å². The lowest BCUT2D eigenvalue weighted by atomic mass is 10.1. The number of carbonyl (C=O) groups is 2. The van der Waals surface area contributed by atoms with Gasteiger partial charge in [0.1, 0.15) is 0 Å². The van der Waals surface area contributed by atoms with Crippen molar-refractivity contribution < 1.29 is 19.1 Å². The van der Waals surface area contributed by atoms with Crippen LogP contribution in [0.4, 0.5) is 11.4 Å². The zero-order valence-corrected chi connectivity index (χ0v) is 18.8. The molecule has 0 radical (unpaired) electrons. The number of hydrogen-bond donors (Lipinski definition) is 1. The van der Waals surface area contributed by atoms with E-state index in [0.29, 0.717) is 31.0 Å². The van der Waals surface area contributed by atoms with Gasteiger partial charge in [-0.2, -0.15) is 0 Å². The van der Waals surface area contributed by atoms with Crippen LogP contribution in [0, 0.1) is 5.92 Å². The minimum atomic E-state index is -0.328. The van der Waals surface area contributed by atoms with Gasteiger partial charge in [-0.25, -0.2) is 0 Å². The van der Waals surface area contributed by atoms with Gasteiger partial charge in [0.25, 0.3) is 0 Å². The van der Waals surface area contributed by atoms with E-state index in [1.165, 1.54) is 18.5 Å². The van der Waals surface area contributed by atoms with E-state index < -0.39 is 0 Å². The molecule has 0 spiro atoms. The van der Waals surface area contributed by atoms with Crippen LogP contribution < -0.4 is 24.6 Å². The predicted octanol–water partition coefficient (Wildman–Crippen LogP) is 3.02. The lowest BCUT2D eigenvalue weighted by molar-refractivity contribution is -0.126. The Morgan fingerprint density at radius 3 is 2.38 bits per heavy atom. The molecule has 0 saturated carbocycles. The van der Waals surface area contributed by atoms with Crippen molar-refractivity contribution in [3.05, 3.63) is 48.0 Å². The molecule has 0 aliphatic carbocycles. The summed E-state index contributed by atoms with van der Waals surface area (Å²) in [7, 11) is 3.21. The maximum Gasteiger partial charge on any atom is 0.227 e. The first kappa shape index (κ1) is 22.0. The molecule has 2 saturated heterocycles. The van der Waals surface area contributed by atoms with Crippen LogP contribution in [0.3, 0.4) is 0 Å². The van der Waals surface area contributed by atoms with Gasteiger partial charge in [0, 0.05) is 44.0 Å². The van der Waals surface area contributed by atoms with Crippen LogP contribution in [-0.4, -0.2) is 52.2 Å². The highest BCUT2D eigenvalue weighted by atomic mass is 16.5. The number of rotatable bonds is 8. The van der Waals surface area contributed by atoms with E-state index >= 15 is 0 Å². The SMILES string of the molecule is COc1ccc(CCNC(=O)C2CC(=O)N(c3ccc(N4CCCC4)cc3)C2)cc1OC. The minimum Gasteiger partial charge on any atom is -0.493 e. The second-order valence-corrected chi connectivity index (χ2v) is 8.35. The molecule has 2 aliphatic heterocycles. The third-order valence-electron chi connectivity index (χ3n) is 6.29. The fourth-order valence-electron chi connectivity index (χ4n) is 4.46. The highest BCUT2D eigenvalue weighted by Gasteiger charge is 2.35. The minimum absolute atomic E-state index is 0.000960. The van der Waals surface area contributed by atoms with E-state index in [1.54, 1.807) is 19.1 Å². The Bertz CT molecular complexity index is 954. The Kier molecular flexibility index (Phi) is 6.83. The van der Waals surface area contributed by atoms with Crippen LogP contribution in [0.15, 0.2) is 42.5 Å². The number of ether oxygens (including phenoxy) is 2. The second-order valence-electron chi connectivity index (χ2n) is 8.35. The molecular weight excluding hydrogens is 406 g/mol. The number of methoxy groups -OCH3 is 2. The molecule has 2 heterocycles. The summed E-state index contributed by atoms with van der Waals surface area (Å²) in [6, 6.07) is 13.9. The van der Waals surface area contributed by atoms with E-state index in [1.807, 2.05) is 30.3 Å². The summed E-state index contributed by atoms with van der Waals surface area (Å²) >= 11 is 0. The number of nitrogens with one attached hydrogen (secondary N) is 1. The average molecular weight is 438 g/mol. The molecule has 2 aromatic carbocycles. The number of nitrogens with zero attached hydrogens (tertiary/aromatic N) is 2. The third kappa shape index (κ3) is 4.82. The summed E-state index contributed by atoms with van der Waals surface area (Å²) in [5, 5.41) is 2.98. The Balaban J connectivity index is 1.29. The fraction of sp³-hybridized carbons (Fsp3) is 0.440. The summed E-state index contributed by atoms with van der Waals surface area (Å²) < 4.78 is 10.6. The highest BCUT2D eigenvalue weighted by Crippen LogP contribution is 2.29. The summed E-state index contributed by atoms with van der Waals surface area (Å²) in [6.45, 7) is 3.11. The zero-order chi connectivity index (χ0) is 22.5. The van der Waals surface area contributed by atoms with Crippen molar-refractivity contribution in [1.82, 2.24) is 5.32 Å². The Hall–Kier alpha value is -3.22. The van der Waals surface area contributed by atoms with Gasteiger partial charge in [-0.3, -0.25) is 9.59 Å². The van der Waals surface area contributed by atoms with Gasteiger partial charge in [0.2, 0.25) is 11.8 Å². The zero-order valence-electron chi connectivity index (χ0n) is 18.8. The van der Waals surface area contributed by atoms with Crippen molar-refractivity contribution >= 4 is 23.2 Å². The quantitative estimate of drug-likeness (QED) is 0.688. The van der Waals surface area contributed by atoms with Crippen LogP contribution in [0.2, 0.25) is 0 Å². The summed E-state index contributed by atoms with van der Waals surface area (Å²) in [6.07, 6.45) is 3.38. The van der Waals surface area contributed by atoms with E-state index in [-0.39, 0.29) is 24.2 Å². The van der Waals surface area contributed by atoms with E-state index in [9.17, 15) is 9.59 Å². The van der Waals surface area contributed by atoms with Gasteiger partial charge in [0.15, 0.2) is 11.5 Å². The van der Waals surface area contributed by atoms with Crippen molar-refractivity contribution in [3.63, 3.8) is 0 Å². The molecule has 32 heavy (non-hydrogen) atoms. The lowest BCUT2D eigenvalue weighted by Crippen LogP contribution is -2.34. The second kappa shape index (κ2) is 9.94. The molecule has 2 fully saturated rings. The van der Waals surface area contributed by atoms with Crippen molar-refractivity contribution in [2.45, 2.75) is 25.7 Å². The first-order valence-corrected chi connectivity index (χ1v) is 11.2. The Morgan fingerprint density at radius 2 is 1.69 bits per heavy atom. The number of amides is 2. The topological polar surface area (TPSA) is 71.1 Å². The highest BCUT2D eigenvalue weighted by molar-refractivity contribution is 6.00. The van der Waals surface area contributed by atoms with Gasteiger partial charge in [-0.05, 0) is 61.2 Å². The summed E-state index contributed by atoms with van der Waals surface area (Å²) in [5.41, 5.74) is 3.10. The number of hydrogen-bond acceptors (Lipinski definition) is 5. The van der Waals surface area contributed by atoms with Crippen LogP contribution in [0.1, 0.15) is 24.8 Å². The van der Waals surface area contributed by atoms with Crippen LogP contribution in [-0.2, 0) is 16.0 Å². The number of anilines is 2. The average Bonchev–Trinajstić information content (AvgIpc) is 3.49. The Labute approximate surface area is 189 Å². The molecule has 2 aromatic rings. The predicted molar refractivity (Wildman–Crippen MR) is 125 cm³/mol. The molecule has 0 aromatic heterocycles. The molecule has 4 rings (SSSR count). The standard InChI is InChI=1S/C25H31N3O4/c1-31-22-10-5-18(15-23(22)32-2)11-12-26-25(30)19-16-24(29)28(17-19)21-8-6-20(7-9-21)27-13-3-4-14-27/h5-10,15,19H,3-4,11-14,16-17H2,1-2H3,(H,26,30). The molecule has 2 amide bonds. The lowest BCUT2D eigenvalue weighted by Gasteiger charge is -2.20. The normalized spacial score (nSPS) is 18.2. The molecule has 1 N–H and O–H groups in total. The number of benzene rings is 2. The van der Waals surface area contributed by atoms with Crippen molar-refractivity contribution in [2.75, 3.05) is 50.2 Å². The molecule has 7 heteroatoms. The van der Waals surface area contributed by atoms with Crippen LogP contribution in [0.25, 0.3) is 0 Å². The molecular formula is C25H31N3O4. The van der Waals surface area contributed by atoms with E-state index in [0.717, 1.165) is 24.3 Å². The fourth-order valence-corrected chi connectivity index (χ4v) is 4.46. The van der Waals surface area contributed by atoms with Crippen LogP contribution in [0.5, 0.6) is 11.5 Å².